The molecule has 0 saturated carbocycles. The van der Waals surface area contributed by atoms with Gasteiger partial charge in [-0.05, 0) is 43.1 Å². The van der Waals surface area contributed by atoms with Crippen molar-refractivity contribution in [3.63, 3.8) is 0 Å². The number of hydrogen-bond acceptors (Lipinski definition) is 3. The molecule has 2 rings (SSSR count). The van der Waals surface area contributed by atoms with Crippen molar-refractivity contribution in [3.05, 3.63) is 59.7 Å². The van der Waals surface area contributed by atoms with Gasteiger partial charge in [0.2, 0.25) is 0 Å². The van der Waals surface area contributed by atoms with Gasteiger partial charge in [0.15, 0.2) is 0 Å². The average molecular weight is 299 g/mol. The summed E-state index contributed by atoms with van der Waals surface area (Å²) in [4.78, 5) is 0. The third-order valence-electron chi connectivity index (χ3n) is 3.50. The number of methoxy groups -OCH3 is 1. The number of benzene rings is 2. The van der Waals surface area contributed by atoms with Gasteiger partial charge in [-0.25, -0.2) is 0 Å². The van der Waals surface area contributed by atoms with E-state index in [1.54, 1.807) is 7.11 Å². The molecule has 0 fully saturated rings. The van der Waals surface area contributed by atoms with E-state index in [9.17, 15) is 0 Å². The van der Waals surface area contributed by atoms with Crippen molar-refractivity contribution < 1.29 is 9.47 Å². The van der Waals surface area contributed by atoms with E-state index in [2.05, 4.69) is 36.5 Å². The lowest BCUT2D eigenvalue weighted by Gasteiger charge is -2.11. The van der Waals surface area contributed by atoms with E-state index in [1.165, 1.54) is 11.1 Å². The number of nitrogens with one attached hydrogen (secondary N) is 1. The molecular weight excluding hydrogens is 274 g/mol. The van der Waals surface area contributed by atoms with E-state index in [0.717, 1.165) is 44.0 Å². The molecule has 3 heteroatoms. The molecule has 118 valence electrons. The predicted molar refractivity (Wildman–Crippen MR) is 90.6 cm³/mol. The molecule has 3 nitrogen and oxygen atoms in total. The van der Waals surface area contributed by atoms with Gasteiger partial charge < -0.3 is 14.8 Å². The average Bonchev–Trinajstić information content (AvgIpc) is 2.58. The van der Waals surface area contributed by atoms with Crippen LogP contribution < -0.4 is 14.8 Å². The van der Waals surface area contributed by atoms with Crippen molar-refractivity contribution in [1.29, 1.82) is 0 Å². The molecule has 0 bridgehead atoms. The fourth-order valence-corrected chi connectivity index (χ4v) is 2.25. The highest BCUT2D eigenvalue weighted by molar-refractivity contribution is 5.33. The number of ether oxygens (including phenoxy) is 2. The van der Waals surface area contributed by atoms with Crippen LogP contribution in [0.5, 0.6) is 11.5 Å². The summed E-state index contributed by atoms with van der Waals surface area (Å²) in [6.45, 7) is 4.66. The Morgan fingerprint density at radius 2 is 1.77 bits per heavy atom. The van der Waals surface area contributed by atoms with Gasteiger partial charge >= 0.3 is 0 Å². The molecule has 2 aromatic rings. The van der Waals surface area contributed by atoms with E-state index in [0.29, 0.717) is 0 Å². The van der Waals surface area contributed by atoms with Crippen LogP contribution >= 0.6 is 0 Å². The van der Waals surface area contributed by atoms with Crippen molar-refractivity contribution in [2.45, 2.75) is 26.3 Å². The summed E-state index contributed by atoms with van der Waals surface area (Å²) >= 11 is 0. The molecule has 0 aromatic heterocycles. The molecule has 0 unspecified atom stereocenters. The van der Waals surface area contributed by atoms with Crippen molar-refractivity contribution in [1.82, 2.24) is 5.32 Å². The predicted octanol–water partition coefficient (Wildman–Crippen LogP) is 3.82. The molecule has 1 N–H and O–H groups in total. The molecule has 0 radical (unpaired) electrons. The van der Waals surface area contributed by atoms with Crippen LogP contribution in [0.2, 0.25) is 0 Å². The van der Waals surface area contributed by atoms with Crippen molar-refractivity contribution in [2.24, 2.45) is 0 Å². The second-order valence-corrected chi connectivity index (χ2v) is 5.23. The van der Waals surface area contributed by atoms with Crippen LogP contribution in [0.15, 0.2) is 48.5 Å². The van der Waals surface area contributed by atoms with Gasteiger partial charge in [0.25, 0.3) is 0 Å². The first-order valence-corrected chi connectivity index (χ1v) is 7.88. The fraction of sp³-hybridized carbons (Fsp3) is 0.368. The smallest absolute Gasteiger partial charge is 0.123 e. The summed E-state index contributed by atoms with van der Waals surface area (Å²) in [7, 11) is 1.69. The normalized spacial score (nSPS) is 10.5. The molecule has 0 amide bonds. The van der Waals surface area contributed by atoms with Crippen molar-refractivity contribution in [3.8, 4) is 11.5 Å². The number of rotatable bonds is 9. The van der Waals surface area contributed by atoms with Crippen LogP contribution in [0, 0.1) is 0 Å². The molecule has 2 aromatic carbocycles. The van der Waals surface area contributed by atoms with Gasteiger partial charge in [-0.3, -0.25) is 0 Å². The Balaban J connectivity index is 1.78. The zero-order chi connectivity index (χ0) is 15.6. The molecular formula is C19H25NO2. The molecule has 0 heterocycles. The highest BCUT2D eigenvalue weighted by Gasteiger charge is 2.02. The van der Waals surface area contributed by atoms with Crippen molar-refractivity contribution in [2.75, 3.05) is 20.3 Å². The van der Waals surface area contributed by atoms with Crippen LogP contribution in [0.25, 0.3) is 0 Å². The maximum absolute atomic E-state index is 5.77. The third-order valence-corrected chi connectivity index (χ3v) is 3.50. The van der Waals surface area contributed by atoms with E-state index >= 15 is 0 Å². The Kier molecular flexibility index (Phi) is 6.78. The van der Waals surface area contributed by atoms with Gasteiger partial charge in [-0.1, -0.05) is 37.3 Å². The number of para-hydroxylation sites is 1. The van der Waals surface area contributed by atoms with Crippen LogP contribution in [0.4, 0.5) is 0 Å². The SMILES string of the molecule is CCCOc1ccccc1CNCCc1ccc(OC)cc1. The zero-order valence-corrected chi connectivity index (χ0v) is 13.5. The monoisotopic (exact) mass is 299 g/mol. The summed E-state index contributed by atoms with van der Waals surface area (Å²) in [6, 6.07) is 16.5. The second kappa shape index (κ2) is 9.11. The third kappa shape index (κ3) is 5.08. The molecule has 0 saturated heterocycles. The van der Waals surface area contributed by atoms with Crippen LogP contribution in [0.3, 0.4) is 0 Å². The number of hydrogen-bond donors (Lipinski definition) is 1. The Morgan fingerprint density at radius 3 is 2.50 bits per heavy atom. The van der Waals surface area contributed by atoms with Gasteiger partial charge in [-0.2, -0.15) is 0 Å². The minimum Gasteiger partial charge on any atom is -0.497 e. The quantitative estimate of drug-likeness (QED) is 0.714. The summed E-state index contributed by atoms with van der Waals surface area (Å²) in [6.07, 6.45) is 2.03. The van der Waals surface area contributed by atoms with E-state index in [-0.39, 0.29) is 0 Å². The lowest BCUT2D eigenvalue weighted by atomic mass is 10.1. The Labute approximate surface area is 133 Å². The maximum Gasteiger partial charge on any atom is 0.123 e. The highest BCUT2D eigenvalue weighted by Crippen LogP contribution is 2.18. The molecule has 0 spiro atoms. The topological polar surface area (TPSA) is 30.5 Å². The minimum atomic E-state index is 0.767. The van der Waals surface area contributed by atoms with Crippen molar-refractivity contribution >= 4 is 0 Å². The van der Waals surface area contributed by atoms with Gasteiger partial charge in [-0.15, -0.1) is 0 Å². The van der Waals surface area contributed by atoms with Gasteiger partial charge in [0.1, 0.15) is 11.5 Å². The summed E-state index contributed by atoms with van der Waals surface area (Å²) in [5.74, 6) is 1.89. The van der Waals surface area contributed by atoms with Crippen LogP contribution in [-0.4, -0.2) is 20.3 Å². The maximum atomic E-state index is 5.77. The molecule has 0 atom stereocenters. The van der Waals surface area contributed by atoms with Gasteiger partial charge in [0.05, 0.1) is 13.7 Å². The molecule has 0 aliphatic heterocycles. The first-order chi connectivity index (χ1) is 10.8. The van der Waals surface area contributed by atoms with E-state index in [4.69, 9.17) is 9.47 Å². The highest BCUT2D eigenvalue weighted by atomic mass is 16.5. The standard InChI is InChI=1S/C19H25NO2/c1-3-14-22-19-7-5-4-6-17(19)15-20-13-12-16-8-10-18(21-2)11-9-16/h4-11,20H,3,12-15H2,1-2H3. The molecule has 0 aliphatic carbocycles. The van der Waals surface area contributed by atoms with Crippen LogP contribution in [-0.2, 0) is 13.0 Å². The zero-order valence-electron chi connectivity index (χ0n) is 13.5. The van der Waals surface area contributed by atoms with Gasteiger partial charge in [0, 0.05) is 12.1 Å². The second-order valence-electron chi connectivity index (χ2n) is 5.23. The molecule has 0 aliphatic rings. The summed E-state index contributed by atoms with van der Waals surface area (Å²) in [5, 5.41) is 3.48. The lowest BCUT2D eigenvalue weighted by molar-refractivity contribution is 0.313. The summed E-state index contributed by atoms with van der Waals surface area (Å²) in [5.41, 5.74) is 2.52. The van der Waals surface area contributed by atoms with E-state index < -0.39 is 0 Å². The minimum absolute atomic E-state index is 0.767. The van der Waals surface area contributed by atoms with E-state index in [1.807, 2.05) is 24.3 Å². The summed E-state index contributed by atoms with van der Waals surface area (Å²) < 4.78 is 10.9. The Morgan fingerprint density at radius 1 is 1.00 bits per heavy atom. The fourth-order valence-electron chi connectivity index (χ4n) is 2.25. The first kappa shape index (κ1) is 16.4. The largest absolute Gasteiger partial charge is 0.497 e. The first-order valence-electron chi connectivity index (χ1n) is 7.88. The Bertz CT molecular complexity index is 552. The lowest BCUT2D eigenvalue weighted by Crippen LogP contribution is -2.17. The van der Waals surface area contributed by atoms with Crippen LogP contribution in [0.1, 0.15) is 24.5 Å². The Hall–Kier alpha value is -2.00. The molecule has 22 heavy (non-hydrogen) atoms.